The highest BCUT2D eigenvalue weighted by Crippen LogP contribution is 2.53. The number of ether oxygens (including phenoxy) is 3. The number of carboxylic acid groups (broad SMARTS) is 1. The second-order valence-electron chi connectivity index (χ2n) is 5.10. The van der Waals surface area contributed by atoms with Gasteiger partial charge in [-0.05, 0) is 34.8 Å². The van der Waals surface area contributed by atoms with Crippen LogP contribution >= 0.6 is 15.9 Å². The van der Waals surface area contributed by atoms with Crippen LogP contribution in [0.4, 0.5) is 0 Å². The number of halogens is 1. The third-order valence-corrected chi connectivity index (χ3v) is 4.87. The lowest BCUT2D eigenvalue weighted by Crippen LogP contribution is -2.33. The number of hydrogen-bond donors (Lipinski definition) is 1. The summed E-state index contributed by atoms with van der Waals surface area (Å²) in [6.07, 6.45) is 3.04. The second kappa shape index (κ2) is 4.84. The van der Waals surface area contributed by atoms with E-state index in [1.807, 2.05) is 0 Å². The zero-order valence-corrected chi connectivity index (χ0v) is 12.7. The van der Waals surface area contributed by atoms with Crippen molar-refractivity contribution in [2.24, 2.45) is 0 Å². The first-order valence-corrected chi connectivity index (χ1v) is 7.29. The molecule has 108 valence electrons. The maximum Gasteiger partial charge on any atom is 0.314 e. The molecule has 5 nitrogen and oxygen atoms in total. The standard InChI is InChI=1S/C14H15BrO5/c1-18-11-8(14(13(16)17)4-2-3-5-14)6-9-12(10(11)15)20-7-19-9/h6H,2-5,7H2,1H3,(H,16,17). The number of carboxylic acids is 1. The lowest BCUT2D eigenvalue weighted by molar-refractivity contribution is -0.143. The van der Waals surface area contributed by atoms with Crippen LogP contribution in [0.15, 0.2) is 10.5 Å². The quantitative estimate of drug-likeness (QED) is 0.914. The predicted molar refractivity (Wildman–Crippen MR) is 74.6 cm³/mol. The molecule has 1 heterocycles. The number of benzene rings is 1. The van der Waals surface area contributed by atoms with Crippen molar-refractivity contribution in [2.45, 2.75) is 31.1 Å². The molecule has 0 radical (unpaired) electrons. The van der Waals surface area contributed by atoms with E-state index in [1.165, 1.54) is 7.11 Å². The van der Waals surface area contributed by atoms with Crippen molar-refractivity contribution >= 4 is 21.9 Å². The van der Waals surface area contributed by atoms with Gasteiger partial charge in [0.15, 0.2) is 11.5 Å². The van der Waals surface area contributed by atoms with Crippen LogP contribution < -0.4 is 14.2 Å². The van der Waals surface area contributed by atoms with Crippen LogP contribution in [0.5, 0.6) is 17.2 Å². The topological polar surface area (TPSA) is 65.0 Å². The fourth-order valence-electron chi connectivity index (χ4n) is 3.12. The third kappa shape index (κ3) is 1.78. The summed E-state index contributed by atoms with van der Waals surface area (Å²) >= 11 is 3.44. The largest absolute Gasteiger partial charge is 0.495 e. The van der Waals surface area contributed by atoms with E-state index in [0.29, 0.717) is 40.1 Å². The Morgan fingerprint density at radius 2 is 2.10 bits per heavy atom. The number of aliphatic carboxylic acids is 1. The third-order valence-electron chi connectivity index (χ3n) is 4.15. The highest BCUT2D eigenvalue weighted by atomic mass is 79.9. The molecule has 0 spiro atoms. The maximum atomic E-state index is 11.9. The average Bonchev–Trinajstić information content (AvgIpc) is 3.08. The molecule has 1 aromatic carbocycles. The zero-order chi connectivity index (χ0) is 14.3. The summed E-state index contributed by atoms with van der Waals surface area (Å²) in [5.74, 6) is 0.863. The Balaban J connectivity index is 2.22. The van der Waals surface area contributed by atoms with Crippen LogP contribution in [0.25, 0.3) is 0 Å². The van der Waals surface area contributed by atoms with E-state index in [9.17, 15) is 9.90 Å². The van der Waals surface area contributed by atoms with Gasteiger partial charge in [0, 0.05) is 5.56 Å². The van der Waals surface area contributed by atoms with E-state index in [4.69, 9.17) is 14.2 Å². The van der Waals surface area contributed by atoms with E-state index in [1.54, 1.807) is 6.07 Å². The van der Waals surface area contributed by atoms with Crippen molar-refractivity contribution in [3.63, 3.8) is 0 Å². The monoisotopic (exact) mass is 342 g/mol. The molecule has 1 aromatic rings. The molecule has 0 aromatic heterocycles. The van der Waals surface area contributed by atoms with Gasteiger partial charge in [-0.3, -0.25) is 4.79 Å². The fraction of sp³-hybridized carbons (Fsp3) is 0.500. The maximum absolute atomic E-state index is 11.9. The van der Waals surface area contributed by atoms with Gasteiger partial charge in [-0.15, -0.1) is 0 Å². The summed E-state index contributed by atoms with van der Waals surface area (Å²) in [4.78, 5) is 11.9. The fourth-order valence-corrected chi connectivity index (χ4v) is 3.80. The van der Waals surface area contributed by atoms with E-state index in [0.717, 1.165) is 12.8 Å². The molecular formula is C14H15BrO5. The predicted octanol–water partition coefficient (Wildman–Crippen LogP) is 3.08. The molecule has 1 aliphatic carbocycles. The van der Waals surface area contributed by atoms with Gasteiger partial charge in [0.25, 0.3) is 0 Å². The van der Waals surface area contributed by atoms with Gasteiger partial charge in [0.1, 0.15) is 10.2 Å². The van der Waals surface area contributed by atoms with Crippen LogP contribution in [0.1, 0.15) is 31.2 Å². The van der Waals surface area contributed by atoms with Gasteiger partial charge in [0.2, 0.25) is 6.79 Å². The van der Waals surface area contributed by atoms with Gasteiger partial charge in [-0.1, -0.05) is 12.8 Å². The number of hydrogen-bond acceptors (Lipinski definition) is 4. The SMILES string of the molecule is COc1c(C2(C(=O)O)CCCC2)cc2c(c1Br)OCO2. The molecule has 2 aliphatic rings. The summed E-state index contributed by atoms with van der Waals surface area (Å²) in [7, 11) is 1.54. The van der Waals surface area contributed by atoms with Gasteiger partial charge >= 0.3 is 5.97 Å². The Bertz CT molecular complexity index is 563. The first-order valence-electron chi connectivity index (χ1n) is 6.50. The molecule has 1 saturated carbocycles. The normalized spacial score (nSPS) is 19.1. The molecule has 1 N–H and O–H groups in total. The minimum Gasteiger partial charge on any atom is -0.495 e. The molecule has 1 aliphatic heterocycles. The molecule has 0 atom stereocenters. The summed E-state index contributed by atoms with van der Waals surface area (Å²) in [6.45, 7) is 0.139. The minimum atomic E-state index is -0.894. The molecule has 20 heavy (non-hydrogen) atoms. The highest BCUT2D eigenvalue weighted by molar-refractivity contribution is 9.10. The van der Waals surface area contributed by atoms with Crippen LogP contribution in [-0.4, -0.2) is 25.0 Å². The first kappa shape index (κ1) is 13.5. The van der Waals surface area contributed by atoms with Gasteiger partial charge < -0.3 is 19.3 Å². The molecule has 3 rings (SSSR count). The van der Waals surface area contributed by atoms with E-state index in [2.05, 4.69) is 15.9 Å². The molecule has 0 saturated heterocycles. The smallest absolute Gasteiger partial charge is 0.314 e. The first-order chi connectivity index (χ1) is 9.60. The van der Waals surface area contributed by atoms with Crippen LogP contribution in [0, 0.1) is 0 Å². The Morgan fingerprint density at radius 3 is 2.70 bits per heavy atom. The number of carbonyl (C=O) groups is 1. The van der Waals surface area contributed by atoms with Gasteiger partial charge in [-0.2, -0.15) is 0 Å². The molecule has 0 unspecified atom stereocenters. The lowest BCUT2D eigenvalue weighted by atomic mass is 9.78. The summed E-state index contributed by atoms with van der Waals surface area (Å²) in [5.41, 5.74) is -0.226. The van der Waals surface area contributed by atoms with E-state index >= 15 is 0 Å². The Kier molecular flexibility index (Phi) is 3.28. The second-order valence-corrected chi connectivity index (χ2v) is 5.89. The Morgan fingerprint density at radius 1 is 1.40 bits per heavy atom. The summed E-state index contributed by atoms with van der Waals surface area (Å²) in [5, 5.41) is 9.73. The van der Waals surface area contributed by atoms with Crippen molar-refractivity contribution in [2.75, 3.05) is 13.9 Å². The molecule has 1 fully saturated rings. The van der Waals surface area contributed by atoms with Crippen molar-refractivity contribution in [1.29, 1.82) is 0 Å². The number of methoxy groups -OCH3 is 1. The van der Waals surface area contributed by atoms with Crippen molar-refractivity contribution < 1.29 is 24.1 Å². The summed E-state index contributed by atoms with van der Waals surface area (Å²) in [6, 6.07) is 1.76. The average molecular weight is 343 g/mol. The zero-order valence-electron chi connectivity index (χ0n) is 11.1. The molecule has 0 amide bonds. The van der Waals surface area contributed by atoms with E-state index < -0.39 is 11.4 Å². The Labute approximate surface area is 125 Å². The van der Waals surface area contributed by atoms with E-state index in [-0.39, 0.29) is 6.79 Å². The van der Waals surface area contributed by atoms with Crippen molar-refractivity contribution in [3.8, 4) is 17.2 Å². The van der Waals surface area contributed by atoms with Gasteiger partial charge in [0.05, 0.1) is 12.5 Å². The molecular weight excluding hydrogens is 328 g/mol. The Hall–Kier alpha value is -1.43. The van der Waals surface area contributed by atoms with Crippen molar-refractivity contribution in [3.05, 3.63) is 16.1 Å². The van der Waals surface area contributed by atoms with Crippen LogP contribution in [0.3, 0.4) is 0 Å². The molecule has 6 heteroatoms. The molecule has 0 bridgehead atoms. The highest BCUT2D eigenvalue weighted by Gasteiger charge is 2.46. The number of rotatable bonds is 3. The number of fused-ring (bicyclic) bond motifs is 1. The summed E-state index contributed by atoms with van der Waals surface area (Å²) < 4.78 is 16.9. The lowest BCUT2D eigenvalue weighted by Gasteiger charge is -2.27. The van der Waals surface area contributed by atoms with Crippen molar-refractivity contribution in [1.82, 2.24) is 0 Å². The van der Waals surface area contributed by atoms with Gasteiger partial charge in [-0.25, -0.2) is 0 Å². The van der Waals surface area contributed by atoms with Crippen LogP contribution in [-0.2, 0) is 10.2 Å². The van der Waals surface area contributed by atoms with Crippen LogP contribution in [0.2, 0.25) is 0 Å². The minimum absolute atomic E-state index is 0.139.